The van der Waals surface area contributed by atoms with Crippen LogP contribution in [0.2, 0.25) is 0 Å². The van der Waals surface area contributed by atoms with Crippen LogP contribution in [0, 0.1) is 5.82 Å². The number of rotatable bonds is 5. The minimum absolute atomic E-state index is 0.149. The Labute approximate surface area is 112 Å². The number of aliphatic hydroxyl groups excluding tert-OH is 2. The van der Waals surface area contributed by atoms with E-state index >= 15 is 0 Å². The number of halogens is 1. The van der Waals surface area contributed by atoms with Crippen molar-refractivity contribution in [3.63, 3.8) is 0 Å². The van der Waals surface area contributed by atoms with Crippen molar-refractivity contribution < 1.29 is 14.6 Å². The summed E-state index contributed by atoms with van der Waals surface area (Å²) in [5, 5.41) is 22.2. The first-order chi connectivity index (χ1) is 9.10. The van der Waals surface area contributed by atoms with Crippen LogP contribution < -0.4 is 5.32 Å². The van der Waals surface area contributed by atoms with Gasteiger partial charge in [0.1, 0.15) is 5.82 Å². The Morgan fingerprint density at radius 2 is 1.84 bits per heavy atom. The molecule has 1 aliphatic heterocycles. The predicted octanol–water partition coefficient (Wildman–Crippen LogP) is 0.514. The monoisotopic (exact) mass is 268 g/mol. The quantitative estimate of drug-likeness (QED) is 0.728. The maximum atomic E-state index is 12.9. The minimum atomic E-state index is -0.640. The molecule has 0 aliphatic carbocycles. The van der Waals surface area contributed by atoms with Gasteiger partial charge in [-0.05, 0) is 31.2 Å². The summed E-state index contributed by atoms with van der Waals surface area (Å²) in [6, 6.07) is 6.64. The Bertz CT molecular complexity index is 389. The molecule has 0 amide bonds. The highest BCUT2D eigenvalue weighted by molar-refractivity contribution is 5.19. The molecule has 1 heterocycles. The van der Waals surface area contributed by atoms with Crippen LogP contribution in [0.3, 0.4) is 0 Å². The first kappa shape index (κ1) is 14.4. The third kappa shape index (κ3) is 3.73. The molecule has 1 fully saturated rings. The zero-order chi connectivity index (χ0) is 13.8. The summed E-state index contributed by atoms with van der Waals surface area (Å²) in [5.74, 6) is -0.232. The molecule has 19 heavy (non-hydrogen) atoms. The van der Waals surface area contributed by atoms with Gasteiger partial charge in [0.15, 0.2) is 0 Å². The Balaban J connectivity index is 1.88. The van der Waals surface area contributed by atoms with Gasteiger partial charge in [-0.3, -0.25) is 4.90 Å². The molecule has 1 aromatic carbocycles. The molecule has 2 rings (SSSR count). The van der Waals surface area contributed by atoms with E-state index in [1.165, 1.54) is 12.1 Å². The third-order valence-corrected chi connectivity index (χ3v) is 3.69. The van der Waals surface area contributed by atoms with E-state index in [-0.39, 0.29) is 11.9 Å². The van der Waals surface area contributed by atoms with Crippen molar-refractivity contribution in [2.24, 2.45) is 0 Å². The Morgan fingerprint density at radius 3 is 2.37 bits per heavy atom. The van der Waals surface area contributed by atoms with Gasteiger partial charge in [0, 0.05) is 25.7 Å². The standard InChI is InChI=1S/C14H21FN2O2/c1-16-12(10-2-4-11(15)5-3-10)6-7-17-8-13(18)14(19)9-17/h2-5,12-14,16,18-19H,6-9H2,1H3. The number of hydrogen-bond acceptors (Lipinski definition) is 4. The number of hydrogen-bond donors (Lipinski definition) is 3. The molecule has 1 aliphatic rings. The van der Waals surface area contributed by atoms with Crippen molar-refractivity contribution in [1.29, 1.82) is 0 Å². The maximum Gasteiger partial charge on any atom is 0.123 e. The number of nitrogens with zero attached hydrogens (tertiary/aromatic N) is 1. The average molecular weight is 268 g/mol. The van der Waals surface area contributed by atoms with Crippen molar-refractivity contribution >= 4 is 0 Å². The molecule has 1 aromatic rings. The lowest BCUT2D eigenvalue weighted by Crippen LogP contribution is -2.27. The van der Waals surface area contributed by atoms with Crippen molar-refractivity contribution in [3.8, 4) is 0 Å². The zero-order valence-electron chi connectivity index (χ0n) is 11.1. The third-order valence-electron chi connectivity index (χ3n) is 3.69. The Hall–Kier alpha value is -1.01. The van der Waals surface area contributed by atoms with Crippen LogP contribution in [0.4, 0.5) is 4.39 Å². The van der Waals surface area contributed by atoms with Gasteiger partial charge in [0.05, 0.1) is 12.2 Å². The van der Waals surface area contributed by atoms with E-state index in [0.717, 1.165) is 18.5 Å². The lowest BCUT2D eigenvalue weighted by atomic mass is 10.0. The van der Waals surface area contributed by atoms with Gasteiger partial charge < -0.3 is 15.5 Å². The van der Waals surface area contributed by atoms with Crippen molar-refractivity contribution in [2.45, 2.75) is 24.7 Å². The van der Waals surface area contributed by atoms with Gasteiger partial charge in [0.25, 0.3) is 0 Å². The second-order valence-electron chi connectivity index (χ2n) is 5.08. The highest BCUT2D eigenvalue weighted by atomic mass is 19.1. The molecule has 0 radical (unpaired) electrons. The zero-order valence-corrected chi connectivity index (χ0v) is 11.1. The van der Waals surface area contributed by atoms with Gasteiger partial charge in [-0.1, -0.05) is 12.1 Å². The van der Waals surface area contributed by atoms with Crippen LogP contribution in [0.1, 0.15) is 18.0 Å². The molecule has 0 aromatic heterocycles. The minimum Gasteiger partial charge on any atom is -0.389 e. The second-order valence-corrected chi connectivity index (χ2v) is 5.08. The van der Waals surface area contributed by atoms with E-state index in [4.69, 9.17) is 0 Å². The fourth-order valence-electron chi connectivity index (χ4n) is 2.51. The summed E-state index contributed by atoms with van der Waals surface area (Å²) in [5.41, 5.74) is 1.05. The highest BCUT2D eigenvalue weighted by Gasteiger charge is 2.29. The average Bonchev–Trinajstić information content (AvgIpc) is 2.71. The molecule has 1 saturated heterocycles. The predicted molar refractivity (Wildman–Crippen MR) is 71.3 cm³/mol. The molecule has 0 saturated carbocycles. The maximum absolute atomic E-state index is 12.9. The van der Waals surface area contributed by atoms with E-state index in [0.29, 0.717) is 13.1 Å². The first-order valence-corrected chi connectivity index (χ1v) is 6.61. The molecule has 0 bridgehead atoms. The molecule has 3 N–H and O–H groups in total. The largest absolute Gasteiger partial charge is 0.389 e. The molecule has 4 nitrogen and oxygen atoms in total. The van der Waals surface area contributed by atoms with Crippen LogP contribution in [0.15, 0.2) is 24.3 Å². The van der Waals surface area contributed by atoms with Crippen molar-refractivity contribution in [1.82, 2.24) is 10.2 Å². The molecular formula is C14H21FN2O2. The molecule has 106 valence electrons. The van der Waals surface area contributed by atoms with Gasteiger partial charge >= 0.3 is 0 Å². The highest BCUT2D eigenvalue weighted by Crippen LogP contribution is 2.19. The normalized spacial score (nSPS) is 25.7. The lowest BCUT2D eigenvalue weighted by molar-refractivity contribution is 0.0572. The van der Waals surface area contributed by atoms with Crippen molar-refractivity contribution in [3.05, 3.63) is 35.6 Å². The van der Waals surface area contributed by atoms with E-state index in [2.05, 4.69) is 5.32 Å². The Kier molecular flexibility index (Phi) is 4.87. The number of likely N-dealkylation sites (tertiary alicyclic amines) is 1. The van der Waals surface area contributed by atoms with E-state index < -0.39 is 12.2 Å². The van der Waals surface area contributed by atoms with Gasteiger partial charge in [-0.15, -0.1) is 0 Å². The van der Waals surface area contributed by atoms with Gasteiger partial charge in [-0.25, -0.2) is 4.39 Å². The summed E-state index contributed by atoms with van der Waals surface area (Å²) in [6.45, 7) is 1.82. The molecule has 5 heteroatoms. The van der Waals surface area contributed by atoms with Crippen molar-refractivity contribution in [2.75, 3.05) is 26.7 Å². The number of aliphatic hydroxyl groups is 2. The smallest absolute Gasteiger partial charge is 0.123 e. The van der Waals surface area contributed by atoms with Crippen LogP contribution in [0.25, 0.3) is 0 Å². The fraction of sp³-hybridized carbons (Fsp3) is 0.571. The topological polar surface area (TPSA) is 55.7 Å². The summed E-state index contributed by atoms with van der Waals surface area (Å²) in [7, 11) is 1.88. The van der Waals surface area contributed by atoms with E-state index in [1.807, 2.05) is 11.9 Å². The number of benzene rings is 1. The van der Waals surface area contributed by atoms with Gasteiger partial charge in [0.2, 0.25) is 0 Å². The summed E-state index contributed by atoms with van der Waals surface area (Å²) in [4.78, 5) is 2.04. The van der Waals surface area contributed by atoms with E-state index in [9.17, 15) is 14.6 Å². The summed E-state index contributed by atoms with van der Waals surface area (Å²) in [6.07, 6.45) is -0.431. The molecule has 3 atom stereocenters. The lowest BCUT2D eigenvalue weighted by Gasteiger charge is -2.21. The van der Waals surface area contributed by atoms with Gasteiger partial charge in [-0.2, -0.15) is 0 Å². The van der Waals surface area contributed by atoms with Crippen LogP contribution in [-0.4, -0.2) is 54.0 Å². The van der Waals surface area contributed by atoms with Crippen LogP contribution in [0.5, 0.6) is 0 Å². The Morgan fingerprint density at radius 1 is 1.26 bits per heavy atom. The first-order valence-electron chi connectivity index (χ1n) is 6.61. The molecule has 0 spiro atoms. The van der Waals surface area contributed by atoms with Crippen LogP contribution in [-0.2, 0) is 0 Å². The second kappa shape index (κ2) is 6.43. The molecule has 3 unspecified atom stereocenters. The SMILES string of the molecule is CNC(CCN1CC(O)C(O)C1)c1ccc(F)cc1. The fourth-order valence-corrected chi connectivity index (χ4v) is 2.51. The molecular weight excluding hydrogens is 247 g/mol. The van der Waals surface area contributed by atoms with Crippen LogP contribution >= 0.6 is 0 Å². The number of β-amino-alcohol motifs (C(OH)–C–C–N with tert-alkyl or cyclic N) is 2. The summed E-state index contributed by atoms with van der Waals surface area (Å²) < 4.78 is 12.9. The summed E-state index contributed by atoms with van der Waals surface area (Å²) >= 11 is 0. The number of nitrogens with one attached hydrogen (secondary N) is 1. The van der Waals surface area contributed by atoms with E-state index in [1.54, 1.807) is 12.1 Å².